The van der Waals surface area contributed by atoms with E-state index in [1.165, 1.54) is 21.8 Å². The van der Waals surface area contributed by atoms with Crippen molar-refractivity contribution in [2.75, 3.05) is 0 Å². The fourth-order valence-corrected chi connectivity index (χ4v) is 7.99. The summed E-state index contributed by atoms with van der Waals surface area (Å²) in [6.45, 7) is 0. The van der Waals surface area contributed by atoms with Crippen LogP contribution >= 0.6 is 0 Å². The van der Waals surface area contributed by atoms with E-state index in [1.807, 2.05) is 60.7 Å². The van der Waals surface area contributed by atoms with Crippen molar-refractivity contribution in [3.05, 3.63) is 194 Å². The molecule has 56 heavy (non-hydrogen) atoms. The van der Waals surface area contributed by atoms with E-state index >= 15 is 0 Å². The molecule has 8 aromatic carbocycles. The zero-order chi connectivity index (χ0) is 37.0. The highest BCUT2D eigenvalue weighted by molar-refractivity contribution is 6.15. The maximum absolute atomic E-state index is 6.58. The molecule has 0 aliphatic heterocycles. The summed E-state index contributed by atoms with van der Waals surface area (Å²) in [6.07, 6.45) is 0. The van der Waals surface area contributed by atoms with Gasteiger partial charge in [0.1, 0.15) is 11.2 Å². The first-order valence-corrected chi connectivity index (χ1v) is 18.8. The van der Waals surface area contributed by atoms with Crippen LogP contribution in [0.2, 0.25) is 0 Å². The molecule has 0 saturated heterocycles. The fourth-order valence-electron chi connectivity index (χ4n) is 7.99. The Morgan fingerprint density at radius 1 is 0.339 bits per heavy atom. The molecule has 0 unspecified atom stereocenters. The van der Waals surface area contributed by atoms with E-state index < -0.39 is 0 Å². The maximum atomic E-state index is 6.58. The van der Waals surface area contributed by atoms with Crippen LogP contribution in [0.4, 0.5) is 0 Å². The fraction of sp³-hybridized carbons (Fsp3) is 0. The normalized spacial score (nSPS) is 11.6. The molecule has 262 valence electrons. The third-order valence-corrected chi connectivity index (χ3v) is 10.7. The summed E-state index contributed by atoms with van der Waals surface area (Å²) in [7, 11) is 0. The van der Waals surface area contributed by atoms with E-state index in [9.17, 15) is 0 Å². The van der Waals surface area contributed by atoms with Crippen molar-refractivity contribution in [3.8, 4) is 62.1 Å². The number of fused-ring (bicyclic) bond motifs is 6. The zero-order valence-corrected chi connectivity index (χ0v) is 30.2. The van der Waals surface area contributed by atoms with Crippen LogP contribution in [0.5, 0.6) is 0 Å². The van der Waals surface area contributed by atoms with Crippen LogP contribution in [0.15, 0.2) is 199 Å². The Labute approximate surface area is 322 Å². The molecule has 0 radical (unpaired) electrons. The predicted molar refractivity (Wildman–Crippen MR) is 229 cm³/mol. The van der Waals surface area contributed by atoms with Crippen molar-refractivity contribution in [1.82, 2.24) is 19.5 Å². The summed E-state index contributed by atoms with van der Waals surface area (Å²) in [4.78, 5) is 14.7. The third-order valence-electron chi connectivity index (χ3n) is 10.7. The summed E-state index contributed by atoms with van der Waals surface area (Å²) in [5.41, 5.74) is 12.5. The summed E-state index contributed by atoms with van der Waals surface area (Å²) >= 11 is 0. The molecule has 3 aromatic heterocycles. The van der Waals surface area contributed by atoms with E-state index in [-0.39, 0.29) is 0 Å². The van der Waals surface area contributed by atoms with Gasteiger partial charge in [-0.25, -0.2) is 15.0 Å². The molecule has 0 aliphatic rings. The number of hydrogen-bond acceptors (Lipinski definition) is 4. The number of hydrogen-bond donors (Lipinski definition) is 0. The first-order valence-electron chi connectivity index (χ1n) is 18.8. The van der Waals surface area contributed by atoms with Crippen LogP contribution in [-0.4, -0.2) is 19.5 Å². The van der Waals surface area contributed by atoms with Gasteiger partial charge in [0.2, 0.25) is 0 Å². The van der Waals surface area contributed by atoms with Gasteiger partial charge >= 0.3 is 0 Å². The topological polar surface area (TPSA) is 56.7 Å². The second-order valence-electron chi connectivity index (χ2n) is 14.0. The lowest BCUT2D eigenvalue weighted by atomic mass is 9.97. The Balaban J connectivity index is 0.976. The standard InChI is InChI=1S/C51H32N4O/c1-4-13-34(14-5-1)49-52-50(35-15-6-2-7-16-35)54-51(53-49)36-25-23-33(24-26-36)37-27-30-43-47(32-37)56-46-22-12-20-40(48(43)46)38-28-29-42-41-19-10-11-21-44(41)55(45(42)31-38)39-17-8-3-9-18-39/h1-32H. The van der Waals surface area contributed by atoms with Gasteiger partial charge in [-0.3, -0.25) is 0 Å². The van der Waals surface area contributed by atoms with Crippen molar-refractivity contribution in [2.45, 2.75) is 0 Å². The molecule has 0 N–H and O–H groups in total. The van der Waals surface area contributed by atoms with Gasteiger partial charge in [0, 0.05) is 43.9 Å². The number of benzene rings is 8. The number of aromatic nitrogens is 4. The Bertz CT molecular complexity index is 3160. The Hall–Kier alpha value is -7.63. The summed E-state index contributed by atoms with van der Waals surface area (Å²) in [6, 6.07) is 67.5. The third kappa shape index (κ3) is 5.37. The Morgan fingerprint density at radius 2 is 0.875 bits per heavy atom. The molecule has 11 rings (SSSR count). The highest BCUT2D eigenvalue weighted by Gasteiger charge is 2.18. The number of para-hydroxylation sites is 2. The summed E-state index contributed by atoms with van der Waals surface area (Å²) < 4.78 is 8.94. The van der Waals surface area contributed by atoms with Crippen molar-refractivity contribution < 1.29 is 4.42 Å². The lowest BCUT2D eigenvalue weighted by Crippen LogP contribution is -2.00. The van der Waals surface area contributed by atoms with Crippen molar-refractivity contribution in [1.29, 1.82) is 0 Å². The van der Waals surface area contributed by atoms with Crippen molar-refractivity contribution in [2.24, 2.45) is 0 Å². The molecule has 3 heterocycles. The second-order valence-corrected chi connectivity index (χ2v) is 14.0. The van der Waals surface area contributed by atoms with Gasteiger partial charge in [0.15, 0.2) is 17.5 Å². The van der Waals surface area contributed by atoms with E-state index in [1.54, 1.807) is 0 Å². The Kier molecular flexibility index (Phi) is 7.42. The van der Waals surface area contributed by atoms with Crippen LogP contribution in [-0.2, 0) is 0 Å². The molecular weight excluding hydrogens is 685 g/mol. The predicted octanol–water partition coefficient (Wildman–Crippen LogP) is 13.2. The SMILES string of the molecule is c1ccc(-c2nc(-c3ccccc3)nc(-c3ccc(-c4ccc5c(c4)oc4cccc(-c6ccc7c8ccccc8n(-c8ccccc8)c7c6)c45)cc3)n2)cc1. The molecule has 0 saturated carbocycles. The van der Waals surface area contributed by atoms with E-state index in [4.69, 9.17) is 19.4 Å². The minimum Gasteiger partial charge on any atom is -0.456 e. The quantitative estimate of drug-likeness (QED) is 0.172. The van der Waals surface area contributed by atoms with Gasteiger partial charge in [0.05, 0.1) is 11.0 Å². The van der Waals surface area contributed by atoms with Gasteiger partial charge in [-0.2, -0.15) is 0 Å². The zero-order valence-electron chi connectivity index (χ0n) is 30.2. The van der Waals surface area contributed by atoms with Gasteiger partial charge in [-0.1, -0.05) is 152 Å². The Morgan fingerprint density at radius 3 is 1.57 bits per heavy atom. The minimum absolute atomic E-state index is 0.631. The lowest BCUT2D eigenvalue weighted by molar-refractivity contribution is 0.669. The molecule has 0 aliphatic carbocycles. The molecule has 0 fully saturated rings. The van der Waals surface area contributed by atoms with E-state index in [0.717, 1.165) is 66.6 Å². The van der Waals surface area contributed by atoms with Gasteiger partial charge in [-0.05, 0) is 64.7 Å². The monoisotopic (exact) mass is 716 g/mol. The highest BCUT2D eigenvalue weighted by Crippen LogP contribution is 2.41. The first-order chi connectivity index (χ1) is 27.7. The van der Waals surface area contributed by atoms with Gasteiger partial charge < -0.3 is 8.98 Å². The lowest BCUT2D eigenvalue weighted by Gasteiger charge is -2.09. The van der Waals surface area contributed by atoms with Crippen molar-refractivity contribution >= 4 is 43.7 Å². The number of rotatable bonds is 6. The molecule has 0 amide bonds. The van der Waals surface area contributed by atoms with Crippen molar-refractivity contribution in [3.63, 3.8) is 0 Å². The number of nitrogens with zero attached hydrogens (tertiary/aromatic N) is 4. The number of furan rings is 1. The van der Waals surface area contributed by atoms with Crippen LogP contribution < -0.4 is 0 Å². The molecule has 0 spiro atoms. The molecule has 0 atom stereocenters. The average molecular weight is 717 g/mol. The molecule has 0 bridgehead atoms. The molecule has 11 aromatic rings. The summed E-state index contributed by atoms with van der Waals surface area (Å²) in [5, 5.41) is 4.68. The van der Waals surface area contributed by atoms with Crippen LogP contribution in [0.25, 0.3) is 106 Å². The highest BCUT2D eigenvalue weighted by atomic mass is 16.3. The largest absolute Gasteiger partial charge is 0.456 e. The average Bonchev–Trinajstić information content (AvgIpc) is 3.82. The van der Waals surface area contributed by atoms with E-state index in [0.29, 0.717) is 17.5 Å². The molecular formula is C51H32N4O. The van der Waals surface area contributed by atoms with Crippen LogP contribution in [0.3, 0.4) is 0 Å². The molecule has 5 heteroatoms. The summed E-state index contributed by atoms with van der Waals surface area (Å²) in [5.74, 6) is 1.92. The van der Waals surface area contributed by atoms with Crippen LogP contribution in [0.1, 0.15) is 0 Å². The van der Waals surface area contributed by atoms with Crippen LogP contribution in [0, 0.1) is 0 Å². The smallest absolute Gasteiger partial charge is 0.164 e. The minimum atomic E-state index is 0.631. The second kappa shape index (κ2) is 13.0. The van der Waals surface area contributed by atoms with Gasteiger partial charge in [0.25, 0.3) is 0 Å². The van der Waals surface area contributed by atoms with E-state index in [2.05, 4.69) is 138 Å². The first kappa shape index (κ1) is 31.9. The maximum Gasteiger partial charge on any atom is 0.164 e. The molecule has 5 nitrogen and oxygen atoms in total. The van der Waals surface area contributed by atoms with Gasteiger partial charge in [-0.15, -0.1) is 0 Å².